The second kappa shape index (κ2) is 15.3. The van der Waals surface area contributed by atoms with Crippen molar-refractivity contribution >= 4 is 0 Å². The SMILES string of the molecule is COC1CCC(N(C2CCCCC2)C2CCC3C4C(CCCC42)C2C(C4CCCCC4)C4C5CCCC6CCCC(C65)C4C(C4CCCCC4)C32)CC1. The van der Waals surface area contributed by atoms with Gasteiger partial charge in [0.2, 0.25) is 0 Å². The van der Waals surface area contributed by atoms with Crippen LogP contribution in [0.2, 0.25) is 0 Å². The Bertz CT molecular complexity index is 1170. The summed E-state index contributed by atoms with van der Waals surface area (Å²) in [6.45, 7) is 0. The van der Waals surface area contributed by atoms with Crippen LogP contribution < -0.4 is 0 Å². The molecule has 0 aromatic heterocycles. The lowest BCUT2D eigenvalue weighted by Gasteiger charge is -2.58. The van der Waals surface area contributed by atoms with Crippen LogP contribution >= 0.6 is 0 Å². The molecule has 0 aromatic rings. The monoisotopic (exact) mass is 726 g/mol. The topological polar surface area (TPSA) is 12.5 Å². The molecule has 53 heavy (non-hydrogen) atoms. The molecule has 11 rings (SSSR count). The molecule has 11 fully saturated rings. The van der Waals surface area contributed by atoms with Gasteiger partial charge in [-0.15, -0.1) is 0 Å². The Morgan fingerprint density at radius 1 is 0.302 bits per heavy atom. The number of methoxy groups -OCH3 is 1. The second-order valence-corrected chi connectivity index (χ2v) is 22.8. The van der Waals surface area contributed by atoms with Gasteiger partial charge in [0.25, 0.3) is 0 Å². The number of ether oxygens (including phenoxy) is 1. The summed E-state index contributed by atoms with van der Waals surface area (Å²) in [5.74, 6) is 17.9. The van der Waals surface area contributed by atoms with Gasteiger partial charge in [-0.1, -0.05) is 116 Å². The maximum Gasteiger partial charge on any atom is 0.0572 e. The summed E-state index contributed by atoms with van der Waals surface area (Å²) in [7, 11) is 1.99. The fourth-order valence-electron chi connectivity index (χ4n) is 20.4. The Hall–Kier alpha value is -0.0800. The second-order valence-electron chi connectivity index (χ2n) is 22.8. The van der Waals surface area contributed by atoms with Crippen LogP contribution in [0.3, 0.4) is 0 Å². The van der Waals surface area contributed by atoms with E-state index >= 15 is 0 Å². The van der Waals surface area contributed by atoms with Crippen LogP contribution in [0.1, 0.15) is 193 Å². The third-order valence-electron chi connectivity index (χ3n) is 21.4. The van der Waals surface area contributed by atoms with Gasteiger partial charge in [-0.2, -0.15) is 0 Å². The van der Waals surface area contributed by atoms with Crippen molar-refractivity contribution in [3.05, 3.63) is 0 Å². The molecular formula is C51H83NO. The van der Waals surface area contributed by atoms with Crippen LogP contribution in [-0.4, -0.2) is 36.2 Å². The van der Waals surface area contributed by atoms with Crippen molar-refractivity contribution in [3.8, 4) is 0 Å². The Labute approximate surface area is 327 Å². The smallest absolute Gasteiger partial charge is 0.0572 e. The highest BCUT2D eigenvalue weighted by Crippen LogP contribution is 2.76. The molecule has 11 aliphatic carbocycles. The molecule has 0 heterocycles. The van der Waals surface area contributed by atoms with Crippen LogP contribution in [0.15, 0.2) is 0 Å². The molecule has 15 unspecified atom stereocenters. The zero-order chi connectivity index (χ0) is 35.0. The van der Waals surface area contributed by atoms with E-state index in [1.54, 1.807) is 135 Å². The van der Waals surface area contributed by atoms with Crippen molar-refractivity contribution in [1.29, 1.82) is 0 Å². The van der Waals surface area contributed by atoms with E-state index in [0.29, 0.717) is 6.10 Å². The van der Waals surface area contributed by atoms with Gasteiger partial charge in [-0.05, 0) is 172 Å². The summed E-state index contributed by atoms with van der Waals surface area (Å²) in [4.78, 5) is 3.39. The molecule has 0 aliphatic heterocycles. The van der Waals surface area contributed by atoms with Gasteiger partial charge < -0.3 is 4.74 Å². The predicted octanol–water partition coefficient (Wildman–Crippen LogP) is 13.1. The van der Waals surface area contributed by atoms with Crippen molar-refractivity contribution < 1.29 is 4.74 Å². The van der Waals surface area contributed by atoms with E-state index in [0.717, 1.165) is 113 Å². The molecule has 0 spiro atoms. The number of hydrogen-bond donors (Lipinski definition) is 0. The van der Waals surface area contributed by atoms with Crippen LogP contribution in [-0.2, 0) is 4.74 Å². The molecule has 2 nitrogen and oxygen atoms in total. The summed E-state index contributed by atoms with van der Waals surface area (Å²) >= 11 is 0. The van der Waals surface area contributed by atoms with Gasteiger partial charge >= 0.3 is 0 Å². The minimum Gasteiger partial charge on any atom is -0.381 e. The largest absolute Gasteiger partial charge is 0.381 e. The Balaban J connectivity index is 0.994. The van der Waals surface area contributed by atoms with Crippen molar-refractivity contribution in [2.24, 2.45) is 94.7 Å². The Kier molecular flexibility index (Phi) is 10.4. The summed E-state index contributed by atoms with van der Waals surface area (Å²) in [5.41, 5.74) is 0. The standard InChI is InChI=1S/C51H83NO/c1-53-37-28-26-36(27-29-37)52(35-20-9-4-10-21-35)43-31-30-42-47-38(43)22-13-25-41(47)50-45(33-14-5-2-6-15-33)48-39-23-11-18-32-19-12-24-40(44(32)39)49(48)46(51(42)50)34-16-7-3-8-17-34/h32-51H,2-31H2,1H3. The van der Waals surface area contributed by atoms with E-state index in [2.05, 4.69) is 4.90 Å². The minimum absolute atomic E-state index is 0.531. The Morgan fingerprint density at radius 3 is 1.26 bits per heavy atom. The average molecular weight is 726 g/mol. The molecule has 298 valence electrons. The first kappa shape index (κ1) is 36.0. The highest BCUT2D eigenvalue weighted by Gasteiger charge is 2.71. The molecule has 11 aliphatic rings. The molecule has 0 amide bonds. The maximum absolute atomic E-state index is 5.98. The summed E-state index contributed by atoms with van der Waals surface area (Å²) in [5, 5.41) is 0. The van der Waals surface area contributed by atoms with E-state index in [4.69, 9.17) is 4.74 Å². The van der Waals surface area contributed by atoms with E-state index in [1.807, 2.05) is 7.11 Å². The predicted molar refractivity (Wildman–Crippen MR) is 218 cm³/mol. The molecule has 11 saturated carbocycles. The number of nitrogens with zero attached hydrogens (tertiary/aromatic N) is 1. The summed E-state index contributed by atoms with van der Waals surface area (Å²) in [6.07, 6.45) is 47.3. The molecule has 0 saturated heterocycles. The summed E-state index contributed by atoms with van der Waals surface area (Å²) in [6, 6.07) is 2.65. The molecule has 0 radical (unpaired) electrons. The van der Waals surface area contributed by atoms with Gasteiger partial charge in [0.1, 0.15) is 0 Å². The first-order valence-electron chi connectivity index (χ1n) is 25.6. The van der Waals surface area contributed by atoms with Crippen molar-refractivity contribution in [3.63, 3.8) is 0 Å². The zero-order valence-corrected chi connectivity index (χ0v) is 34.6. The highest BCUT2D eigenvalue weighted by atomic mass is 16.5. The first-order valence-corrected chi connectivity index (χ1v) is 25.6. The van der Waals surface area contributed by atoms with Crippen LogP contribution in [0.4, 0.5) is 0 Å². The lowest BCUT2D eigenvalue weighted by molar-refractivity contribution is -0.102. The fraction of sp³-hybridized carbons (Fsp3) is 1.00. The number of hydrogen-bond acceptors (Lipinski definition) is 2. The lowest BCUT2D eigenvalue weighted by atomic mass is 9.47. The van der Waals surface area contributed by atoms with E-state index < -0.39 is 0 Å². The molecule has 2 heteroatoms. The van der Waals surface area contributed by atoms with Crippen molar-refractivity contribution in [1.82, 2.24) is 4.90 Å². The molecule has 0 bridgehead atoms. The number of rotatable bonds is 6. The van der Waals surface area contributed by atoms with Crippen molar-refractivity contribution in [2.45, 2.75) is 217 Å². The lowest BCUT2D eigenvalue weighted by Crippen LogP contribution is -2.58. The minimum atomic E-state index is 0.531. The van der Waals surface area contributed by atoms with Crippen LogP contribution in [0, 0.1) is 94.7 Å². The molecule has 15 atom stereocenters. The molecule has 0 aromatic carbocycles. The van der Waals surface area contributed by atoms with Gasteiger partial charge in [-0.25, -0.2) is 0 Å². The fourth-order valence-corrected chi connectivity index (χ4v) is 20.4. The van der Waals surface area contributed by atoms with E-state index in [9.17, 15) is 0 Å². The van der Waals surface area contributed by atoms with Crippen molar-refractivity contribution in [2.75, 3.05) is 7.11 Å². The van der Waals surface area contributed by atoms with Gasteiger partial charge in [-0.3, -0.25) is 4.90 Å². The zero-order valence-electron chi connectivity index (χ0n) is 34.6. The van der Waals surface area contributed by atoms with Gasteiger partial charge in [0.05, 0.1) is 6.10 Å². The maximum atomic E-state index is 5.98. The van der Waals surface area contributed by atoms with Crippen LogP contribution in [0.25, 0.3) is 0 Å². The van der Waals surface area contributed by atoms with E-state index in [-0.39, 0.29) is 0 Å². The third kappa shape index (κ3) is 5.99. The van der Waals surface area contributed by atoms with Gasteiger partial charge in [0.15, 0.2) is 0 Å². The molecular weight excluding hydrogens is 643 g/mol. The highest BCUT2D eigenvalue weighted by molar-refractivity contribution is 5.19. The Morgan fingerprint density at radius 2 is 0.717 bits per heavy atom. The normalized spacial score (nSPS) is 52.1. The van der Waals surface area contributed by atoms with E-state index in [1.165, 1.54) is 57.8 Å². The molecule has 0 N–H and O–H groups in total. The van der Waals surface area contributed by atoms with Gasteiger partial charge in [0, 0.05) is 25.2 Å². The van der Waals surface area contributed by atoms with Crippen LogP contribution in [0.5, 0.6) is 0 Å². The quantitative estimate of drug-likeness (QED) is 0.270. The first-order chi connectivity index (χ1) is 26.3. The number of fused-ring (bicyclic) bond motifs is 6. The third-order valence-corrected chi connectivity index (χ3v) is 21.4. The average Bonchev–Trinajstić information content (AvgIpc) is 3.74. The summed E-state index contributed by atoms with van der Waals surface area (Å²) < 4.78 is 5.98.